The Morgan fingerprint density at radius 1 is 1.67 bits per heavy atom. The van der Waals surface area contributed by atoms with Crippen molar-refractivity contribution in [1.82, 2.24) is 0 Å². The van der Waals surface area contributed by atoms with Crippen molar-refractivity contribution in [2.75, 3.05) is 6.66 Å². The van der Waals surface area contributed by atoms with Crippen molar-refractivity contribution in [3.8, 4) is 0 Å². The van der Waals surface area contributed by atoms with Crippen molar-refractivity contribution in [3.05, 3.63) is 12.2 Å². The van der Waals surface area contributed by atoms with Crippen LogP contribution in [0.5, 0.6) is 0 Å². The zero-order valence-corrected chi connectivity index (χ0v) is 12.3. The van der Waals surface area contributed by atoms with Gasteiger partial charge in [-0.15, -0.1) is 0 Å². The topological polar surface area (TPSA) is 9.23 Å². The first-order valence-electron chi connectivity index (χ1n) is 5.28. The lowest BCUT2D eigenvalue weighted by Gasteiger charge is -2.38. The van der Waals surface area contributed by atoms with Gasteiger partial charge in [0, 0.05) is 5.25 Å². The van der Waals surface area contributed by atoms with Crippen LogP contribution >= 0.6 is 19.6 Å². The van der Waals surface area contributed by atoms with Gasteiger partial charge in [-0.25, -0.2) is 0 Å². The van der Waals surface area contributed by atoms with Crippen molar-refractivity contribution in [2.24, 2.45) is 5.92 Å². The third kappa shape index (κ3) is 3.52. The van der Waals surface area contributed by atoms with Crippen molar-refractivity contribution < 1.29 is 4.52 Å². The zero-order chi connectivity index (χ0) is 11.6. The number of rotatable bonds is 3. The molecule has 1 unspecified atom stereocenters. The van der Waals surface area contributed by atoms with E-state index in [1.807, 2.05) is 6.66 Å². The quantitative estimate of drug-likeness (QED) is 0.469. The maximum absolute atomic E-state index is 5.89. The maximum atomic E-state index is 5.89. The molecule has 0 aromatic heterocycles. The summed E-state index contributed by atoms with van der Waals surface area (Å²) in [5.41, 5.74) is 1.14. The Labute approximate surface area is 105 Å². The molecular weight excluding hydrogens is 243 g/mol. The molecule has 4 heteroatoms. The lowest BCUT2D eigenvalue weighted by Crippen LogP contribution is -2.42. The predicted molar refractivity (Wildman–Crippen MR) is 74.6 cm³/mol. The van der Waals surface area contributed by atoms with Crippen LogP contribution in [-0.4, -0.2) is 17.5 Å². The zero-order valence-electron chi connectivity index (χ0n) is 9.69. The van der Waals surface area contributed by atoms with Crippen molar-refractivity contribution in [1.29, 1.82) is 0 Å². The Morgan fingerprint density at radius 3 is 2.67 bits per heavy atom. The van der Waals surface area contributed by atoms with E-state index in [-0.39, 0.29) is 10.9 Å². The van der Waals surface area contributed by atoms with Crippen LogP contribution in [0.3, 0.4) is 0 Å². The van der Waals surface area contributed by atoms with E-state index < -0.39 is 6.92 Å². The Bertz CT molecular complexity index is 280. The highest BCUT2D eigenvalue weighted by Gasteiger charge is 2.43. The number of allylic oxidation sites excluding steroid dienone is 1. The average molecular weight is 263 g/mol. The summed E-state index contributed by atoms with van der Waals surface area (Å²) in [6.45, 7) is 9.54. The van der Waals surface area contributed by atoms with Crippen LogP contribution in [0.4, 0.5) is 0 Å². The third-order valence-electron chi connectivity index (χ3n) is 3.24. The molecule has 1 aliphatic rings. The first kappa shape index (κ1) is 13.6. The van der Waals surface area contributed by atoms with E-state index in [0.29, 0.717) is 5.92 Å². The van der Waals surface area contributed by atoms with Gasteiger partial charge in [0.2, 0.25) is 0 Å². The van der Waals surface area contributed by atoms with Gasteiger partial charge in [-0.2, -0.15) is 17.2 Å². The van der Waals surface area contributed by atoms with Crippen LogP contribution in [0.25, 0.3) is 0 Å². The van der Waals surface area contributed by atoms with Gasteiger partial charge in [-0.1, -0.05) is 12.2 Å². The van der Waals surface area contributed by atoms with Gasteiger partial charge >= 0.3 is 6.92 Å². The molecule has 1 aliphatic carbocycles. The van der Waals surface area contributed by atoms with Crippen molar-refractivity contribution >= 4 is 31.4 Å². The second kappa shape index (κ2) is 5.27. The molecule has 1 nitrogen and oxygen atoms in total. The molecular formula is C11H20OPS2+. The summed E-state index contributed by atoms with van der Waals surface area (Å²) >= 11 is 9.83. The highest BCUT2D eigenvalue weighted by atomic mass is 32.4. The molecule has 0 aliphatic heterocycles. The smallest absolute Gasteiger partial charge is 0.173 e. The van der Waals surface area contributed by atoms with Crippen molar-refractivity contribution in [2.45, 2.75) is 44.0 Å². The molecule has 0 spiro atoms. The normalized spacial score (nSPS) is 37.5. The first-order valence-corrected chi connectivity index (χ1v) is 8.52. The minimum Gasteiger partial charge on any atom is -0.173 e. The molecule has 0 amide bonds. The summed E-state index contributed by atoms with van der Waals surface area (Å²) in [5, 5.41) is 0.279. The van der Waals surface area contributed by atoms with E-state index in [0.717, 1.165) is 19.3 Å². The fraction of sp³-hybridized carbons (Fsp3) is 0.818. The van der Waals surface area contributed by atoms with Gasteiger partial charge in [0.05, 0.1) is 0 Å². The molecule has 0 aromatic rings. The second-order valence-electron chi connectivity index (χ2n) is 4.68. The van der Waals surface area contributed by atoms with E-state index in [9.17, 15) is 0 Å². The standard InChI is InChI=1S/C11H19OPS2/c1-8(2)9-5-6-11(3,10(14)7-9)12-13(4)15/h9-10H,1,5-7H2,2-4H3/p+1/t9-,10+,11+/m1/s1. The molecule has 0 aromatic carbocycles. The summed E-state index contributed by atoms with van der Waals surface area (Å²) in [7, 11) is 0. The van der Waals surface area contributed by atoms with E-state index >= 15 is 0 Å². The summed E-state index contributed by atoms with van der Waals surface area (Å²) in [6, 6.07) is 0. The van der Waals surface area contributed by atoms with Crippen LogP contribution in [-0.2, 0) is 16.3 Å². The number of thiol groups is 1. The second-order valence-corrected chi connectivity index (χ2v) is 7.91. The molecule has 1 saturated carbocycles. The number of hydrogen-bond acceptors (Lipinski definition) is 3. The molecule has 0 radical (unpaired) electrons. The third-order valence-corrected chi connectivity index (χ3v) is 4.89. The van der Waals surface area contributed by atoms with Crippen LogP contribution in [0.15, 0.2) is 12.2 Å². The summed E-state index contributed by atoms with van der Waals surface area (Å²) < 4.78 is 5.89. The highest BCUT2D eigenvalue weighted by Crippen LogP contribution is 2.44. The predicted octanol–water partition coefficient (Wildman–Crippen LogP) is 3.92. The molecule has 15 heavy (non-hydrogen) atoms. The van der Waals surface area contributed by atoms with E-state index in [1.165, 1.54) is 5.57 Å². The molecule has 86 valence electrons. The van der Waals surface area contributed by atoms with Gasteiger partial charge < -0.3 is 0 Å². The maximum Gasteiger partial charge on any atom is 0.334 e. The first-order chi connectivity index (χ1) is 6.85. The Morgan fingerprint density at radius 2 is 2.27 bits per heavy atom. The Kier molecular flexibility index (Phi) is 4.79. The Balaban J connectivity index is 2.66. The fourth-order valence-electron chi connectivity index (χ4n) is 2.11. The number of hydrogen-bond donors (Lipinski definition) is 1. The minimum atomic E-state index is -0.716. The molecule has 1 fully saturated rings. The van der Waals surface area contributed by atoms with Gasteiger partial charge in [0.15, 0.2) is 11.8 Å². The van der Waals surface area contributed by atoms with Gasteiger partial charge in [-0.05, 0) is 39.0 Å². The molecule has 4 atom stereocenters. The van der Waals surface area contributed by atoms with E-state index in [4.69, 9.17) is 16.3 Å². The Hall–Kier alpha value is 0.570. The van der Waals surface area contributed by atoms with Gasteiger partial charge in [-0.3, -0.25) is 0 Å². The summed E-state index contributed by atoms with van der Waals surface area (Å²) in [4.78, 5) is 0. The van der Waals surface area contributed by atoms with Crippen molar-refractivity contribution in [3.63, 3.8) is 0 Å². The van der Waals surface area contributed by atoms with Crippen LogP contribution in [0, 0.1) is 5.92 Å². The molecule has 0 bridgehead atoms. The van der Waals surface area contributed by atoms with Crippen LogP contribution < -0.4 is 0 Å². The lowest BCUT2D eigenvalue weighted by atomic mass is 9.77. The molecule has 0 saturated heterocycles. The largest absolute Gasteiger partial charge is 0.334 e. The average Bonchev–Trinajstić information content (AvgIpc) is 2.08. The van der Waals surface area contributed by atoms with E-state index in [2.05, 4.69) is 33.1 Å². The molecule has 0 N–H and O–H groups in total. The molecule has 1 rings (SSSR count). The van der Waals surface area contributed by atoms with E-state index in [1.54, 1.807) is 0 Å². The monoisotopic (exact) mass is 263 g/mol. The highest BCUT2D eigenvalue weighted by molar-refractivity contribution is 8.02. The van der Waals surface area contributed by atoms with Crippen LogP contribution in [0.1, 0.15) is 33.1 Å². The van der Waals surface area contributed by atoms with Gasteiger partial charge in [0.25, 0.3) is 0 Å². The van der Waals surface area contributed by atoms with Gasteiger partial charge in [0.1, 0.15) is 12.3 Å². The minimum absolute atomic E-state index is 0.128. The van der Waals surface area contributed by atoms with Crippen LogP contribution in [0.2, 0.25) is 0 Å². The SMILES string of the molecule is C=C(C)[C@@H]1CC[C@](C)(O[P+](C)=S)[C@@H](S)C1. The lowest BCUT2D eigenvalue weighted by molar-refractivity contribution is 0.0619. The summed E-state index contributed by atoms with van der Waals surface area (Å²) in [5.74, 6) is 0.609. The fourth-order valence-corrected chi connectivity index (χ4v) is 3.95. The molecule has 0 heterocycles. The summed E-state index contributed by atoms with van der Waals surface area (Å²) in [6.07, 6.45) is 3.26.